The van der Waals surface area contributed by atoms with Gasteiger partial charge in [-0.05, 0) is 54.6 Å². The Morgan fingerprint density at radius 1 is 1.00 bits per heavy atom. The second kappa shape index (κ2) is 9.26. The number of ether oxygens (including phenoxy) is 1. The standard InChI is InChI=1S/C27H20FN3O4/c1-34-18-14-12-17(13-15-18)29-26(32)25(19-7-2-3-8-20(19)28)31-22-10-5-4-9-21(22)30-24(27(31)33)23-11-6-16-35-23/h2-16,25H,1H3,(H,29,32). The maximum atomic E-state index is 15.1. The van der Waals surface area contributed by atoms with Crippen LogP contribution in [0.3, 0.4) is 0 Å². The van der Waals surface area contributed by atoms with Gasteiger partial charge in [0.25, 0.3) is 11.5 Å². The van der Waals surface area contributed by atoms with Gasteiger partial charge in [0, 0.05) is 11.3 Å². The monoisotopic (exact) mass is 469 g/mol. The van der Waals surface area contributed by atoms with Gasteiger partial charge in [0.1, 0.15) is 17.6 Å². The second-order valence-electron chi connectivity index (χ2n) is 7.74. The second-order valence-corrected chi connectivity index (χ2v) is 7.74. The summed E-state index contributed by atoms with van der Waals surface area (Å²) in [5.41, 5.74) is 0.782. The summed E-state index contributed by atoms with van der Waals surface area (Å²) in [6.07, 6.45) is 1.43. The first kappa shape index (κ1) is 22.1. The number of furan rings is 1. The van der Waals surface area contributed by atoms with Crippen molar-refractivity contribution in [3.63, 3.8) is 0 Å². The molecule has 1 atom stereocenters. The molecule has 0 saturated carbocycles. The van der Waals surface area contributed by atoms with Crippen LogP contribution in [0.15, 0.2) is 100 Å². The van der Waals surface area contributed by atoms with Crippen LogP contribution in [0, 0.1) is 5.82 Å². The summed E-state index contributed by atoms with van der Waals surface area (Å²) in [6.45, 7) is 0. The molecule has 1 N–H and O–H groups in total. The molecule has 0 spiro atoms. The lowest BCUT2D eigenvalue weighted by Gasteiger charge is -2.23. The highest BCUT2D eigenvalue weighted by atomic mass is 19.1. The van der Waals surface area contributed by atoms with Crippen LogP contribution in [0.5, 0.6) is 5.75 Å². The van der Waals surface area contributed by atoms with E-state index in [1.54, 1.807) is 73.8 Å². The molecule has 2 heterocycles. The third-order valence-corrected chi connectivity index (χ3v) is 5.61. The zero-order valence-corrected chi connectivity index (χ0v) is 18.6. The number of carbonyl (C=O) groups is 1. The number of nitrogens with zero attached hydrogens (tertiary/aromatic N) is 2. The lowest BCUT2D eigenvalue weighted by Crippen LogP contribution is -2.36. The molecule has 0 saturated heterocycles. The third kappa shape index (κ3) is 4.17. The Morgan fingerprint density at radius 2 is 1.74 bits per heavy atom. The SMILES string of the molecule is COc1ccc(NC(=O)C(c2ccccc2F)n2c(=O)c(-c3ccco3)nc3ccccc32)cc1. The number of carbonyl (C=O) groups excluding carboxylic acids is 1. The fraction of sp³-hybridized carbons (Fsp3) is 0.0741. The van der Waals surface area contributed by atoms with E-state index in [0.717, 1.165) is 0 Å². The molecular formula is C27H20FN3O4. The summed E-state index contributed by atoms with van der Waals surface area (Å²) in [4.78, 5) is 31.9. The lowest BCUT2D eigenvalue weighted by atomic mass is 10.0. The summed E-state index contributed by atoms with van der Waals surface area (Å²) in [5.74, 6) is -0.343. The number of nitrogens with one attached hydrogen (secondary N) is 1. The van der Waals surface area contributed by atoms with E-state index in [1.165, 1.54) is 29.0 Å². The number of para-hydroxylation sites is 2. The van der Waals surface area contributed by atoms with E-state index < -0.39 is 23.3 Å². The number of rotatable bonds is 6. The Bertz CT molecular complexity index is 1560. The Kier molecular flexibility index (Phi) is 5.85. The van der Waals surface area contributed by atoms with Gasteiger partial charge in [-0.3, -0.25) is 14.2 Å². The van der Waals surface area contributed by atoms with Gasteiger partial charge in [-0.15, -0.1) is 0 Å². The first-order chi connectivity index (χ1) is 17.1. The number of halogens is 1. The highest BCUT2D eigenvalue weighted by Crippen LogP contribution is 2.28. The largest absolute Gasteiger partial charge is 0.497 e. The van der Waals surface area contributed by atoms with Crippen LogP contribution in [0.1, 0.15) is 11.6 Å². The predicted molar refractivity (Wildman–Crippen MR) is 130 cm³/mol. The van der Waals surface area contributed by atoms with Gasteiger partial charge < -0.3 is 14.5 Å². The normalized spacial score (nSPS) is 11.8. The molecule has 0 aliphatic carbocycles. The fourth-order valence-electron chi connectivity index (χ4n) is 3.96. The number of hydrogen-bond acceptors (Lipinski definition) is 5. The minimum atomic E-state index is -1.33. The molecule has 0 fully saturated rings. The van der Waals surface area contributed by atoms with Crippen LogP contribution >= 0.6 is 0 Å². The van der Waals surface area contributed by atoms with Gasteiger partial charge in [0.2, 0.25) is 0 Å². The topological polar surface area (TPSA) is 86.4 Å². The molecule has 0 aliphatic rings. The quantitative estimate of drug-likeness (QED) is 0.377. The molecule has 1 unspecified atom stereocenters. The van der Waals surface area contributed by atoms with E-state index in [1.807, 2.05) is 0 Å². The van der Waals surface area contributed by atoms with Crippen molar-refractivity contribution in [2.75, 3.05) is 12.4 Å². The number of methoxy groups -OCH3 is 1. The Hall–Kier alpha value is -4.72. The molecule has 174 valence electrons. The van der Waals surface area contributed by atoms with Crippen molar-refractivity contribution in [1.29, 1.82) is 0 Å². The Balaban J connectivity index is 1.73. The van der Waals surface area contributed by atoms with Crippen LogP contribution in [-0.2, 0) is 4.79 Å². The van der Waals surface area contributed by atoms with Crippen molar-refractivity contribution in [2.45, 2.75) is 6.04 Å². The fourth-order valence-corrected chi connectivity index (χ4v) is 3.96. The molecule has 3 aromatic carbocycles. The summed E-state index contributed by atoms with van der Waals surface area (Å²) < 4.78 is 26.9. The number of aromatic nitrogens is 2. The molecule has 1 amide bonds. The highest BCUT2D eigenvalue weighted by molar-refractivity contribution is 5.97. The molecular weight excluding hydrogens is 449 g/mol. The summed E-state index contributed by atoms with van der Waals surface area (Å²) in [5, 5.41) is 2.80. The maximum Gasteiger partial charge on any atom is 0.281 e. The molecule has 35 heavy (non-hydrogen) atoms. The molecule has 5 rings (SSSR count). The molecule has 0 aliphatic heterocycles. The van der Waals surface area contributed by atoms with Crippen LogP contribution in [-0.4, -0.2) is 22.6 Å². The van der Waals surface area contributed by atoms with Crippen LogP contribution < -0.4 is 15.6 Å². The van der Waals surface area contributed by atoms with Gasteiger partial charge in [-0.2, -0.15) is 0 Å². The molecule has 8 heteroatoms. The number of hydrogen-bond donors (Lipinski definition) is 1. The first-order valence-corrected chi connectivity index (χ1v) is 10.8. The molecule has 2 aromatic heterocycles. The molecule has 5 aromatic rings. The van der Waals surface area contributed by atoms with Gasteiger partial charge in [-0.25, -0.2) is 9.37 Å². The predicted octanol–water partition coefficient (Wildman–Crippen LogP) is 5.03. The molecule has 0 radical (unpaired) electrons. The minimum absolute atomic E-state index is 0.0206. The van der Waals surface area contributed by atoms with Crippen molar-refractivity contribution < 1.29 is 18.3 Å². The number of fused-ring (bicyclic) bond motifs is 1. The Labute approximate surface area is 199 Å². The maximum absolute atomic E-state index is 15.1. The summed E-state index contributed by atoms with van der Waals surface area (Å²) in [6, 6.07) is 21.4. The van der Waals surface area contributed by atoms with Crippen LogP contribution in [0.4, 0.5) is 10.1 Å². The van der Waals surface area contributed by atoms with Crippen molar-refractivity contribution in [3.05, 3.63) is 113 Å². The summed E-state index contributed by atoms with van der Waals surface area (Å²) >= 11 is 0. The van der Waals surface area contributed by atoms with Gasteiger partial charge in [0.15, 0.2) is 11.5 Å². The lowest BCUT2D eigenvalue weighted by molar-refractivity contribution is -0.118. The van der Waals surface area contributed by atoms with Crippen LogP contribution in [0.2, 0.25) is 0 Å². The average molecular weight is 469 g/mol. The molecule has 7 nitrogen and oxygen atoms in total. The number of benzene rings is 3. The van der Waals surface area contributed by atoms with E-state index in [0.29, 0.717) is 22.5 Å². The minimum Gasteiger partial charge on any atom is -0.497 e. The average Bonchev–Trinajstić information content (AvgIpc) is 3.41. The molecule has 0 bridgehead atoms. The van der Waals surface area contributed by atoms with Gasteiger partial charge >= 0.3 is 0 Å². The van der Waals surface area contributed by atoms with E-state index in [4.69, 9.17) is 9.15 Å². The summed E-state index contributed by atoms with van der Waals surface area (Å²) in [7, 11) is 1.54. The number of amides is 1. The Morgan fingerprint density at radius 3 is 2.46 bits per heavy atom. The van der Waals surface area contributed by atoms with Crippen molar-refractivity contribution >= 4 is 22.6 Å². The highest BCUT2D eigenvalue weighted by Gasteiger charge is 2.30. The van der Waals surface area contributed by atoms with E-state index in [9.17, 15) is 9.59 Å². The van der Waals surface area contributed by atoms with E-state index in [2.05, 4.69) is 10.3 Å². The van der Waals surface area contributed by atoms with E-state index >= 15 is 4.39 Å². The zero-order valence-electron chi connectivity index (χ0n) is 18.6. The van der Waals surface area contributed by atoms with Gasteiger partial charge in [0.05, 0.1) is 24.4 Å². The first-order valence-electron chi connectivity index (χ1n) is 10.8. The zero-order chi connectivity index (χ0) is 24.4. The van der Waals surface area contributed by atoms with Crippen molar-refractivity contribution in [3.8, 4) is 17.2 Å². The van der Waals surface area contributed by atoms with Gasteiger partial charge in [-0.1, -0.05) is 30.3 Å². The van der Waals surface area contributed by atoms with Crippen molar-refractivity contribution in [1.82, 2.24) is 9.55 Å². The van der Waals surface area contributed by atoms with E-state index in [-0.39, 0.29) is 17.0 Å². The van der Waals surface area contributed by atoms with Crippen LogP contribution in [0.25, 0.3) is 22.5 Å². The smallest absolute Gasteiger partial charge is 0.281 e. The van der Waals surface area contributed by atoms with Crippen molar-refractivity contribution in [2.24, 2.45) is 0 Å². The third-order valence-electron chi connectivity index (χ3n) is 5.61. The number of anilines is 1.